The molecule has 1 amide bonds. The third kappa shape index (κ3) is 6.32. The van der Waals surface area contributed by atoms with Crippen LogP contribution in [-0.4, -0.2) is 42.0 Å². The molecule has 10 heteroatoms. The van der Waals surface area contributed by atoms with Gasteiger partial charge in [0.05, 0.1) is 44.0 Å². The van der Waals surface area contributed by atoms with Gasteiger partial charge in [-0.2, -0.15) is 0 Å². The number of anilines is 1. The molecule has 0 unspecified atom stereocenters. The number of halogens is 1. The van der Waals surface area contributed by atoms with E-state index in [-0.39, 0.29) is 18.0 Å². The zero-order valence-corrected chi connectivity index (χ0v) is 24.0. The van der Waals surface area contributed by atoms with Gasteiger partial charge in [-0.15, -0.1) is 0 Å². The second-order valence-electron chi connectivity index (χ2n) is 8.83. The Morgan fingerprint density at radius 2 is 1.72 bits per heavy atom. The Kier molecular flexibility index (Phi) is 9.04. The molecule has 3 aromatic carbocycles. The van der Waals surface area contributed by atoms with E-state index < -0.39 is 5.25 Å². The number of carbonyl (C=O) groups is 1. The predicted octanol–water partition coefficient (Wildman–Crippen LogP) is 5.94. The van der Waals surface area contributed by atoms with Crippen LogP contribution in [0.2, 0.25) is 5.02 Å². The van der Waals surface area contributed by atoms with E-state index in [1.165, 1.54) is 26.0 Å². The number of aryl methyl sites for hydroxylation is 1. The third-order valence-corrected chi connectivity index (χ3v) is 8.04. The van der Waals surface area contributed by atoms with Crippen molar-refractivity contribution in [1.82, 2.24) is 9.55 Å². The zero-order valence-electron chi connectivity index (χ0n) is 22.4. The van der Waals surface area contributed by atoms with E-state index in [2.05, 4.69) is 5.32 Å². The number of hydrogen-bond acceptors (Lipinski definition) is 7. The third-order valence-electron chi connectivity index (χ3n) is 6.27. The number of amides is 1. The van der Waals surface area contributed by atoms with Crippen LogP contribution < -0.4 is 25.1 Å². The number of aromatic nitrogens is 2. The number of benzene rings is 3. The van der Waals surface area contributed by atoms with Crippen LogP contribution in [0.1, 0.15) is 24.5 Å². The van der Waals surface area contributed by atoms with Crippen LogP contribution in [0, 0.1) is 6.92 Å². The predicted molar refractivity (Wildman–Crippen MR) is 156 cm³/mol. The summed E-state index contributed by atoms with van der Waals surface area (Å²) >= 11 is 7.48. The number of methoxy groups -OCH3 is 3. The number of thioether (sulfide) groups is 1. The lowest BCUT2D eigenvalue weighted by molar-refractivity contribution is -0.115. The molecule has 0 aliphatic heterocycles. The molecule has 0 aliphatic carbocycles. The average Bonchev–Trinajstić information content (AvgIpc) is 2.95. The first-order valence-electron chi connectivity index (χ1n) is 12.3. The Morgan fingerprint density at radius 1 is 1.03 bits per heavy atom. The van der Waals surface area contributed by atoms with Gasteiger partial charge in [-0.3, -0.25) is 14.2 Å². The van der Waals surface area contributed by atoms with Crippen molar-refractivity contribution in [3.63, 3.8) is 0 Å². The summed E-state index contributed by atoms with van der Waals surface area (Å²) in [5.74, 6) is 1.40. The van der Waals surface area contributed by atoms with Gasteiger partial charge in [0.1, 0.15) is 5.75 Å². The molecule has 39 heavy (non-hydrogen) atoms. The first kappa shape index (κ1) is 28.3. The molecule has 0 radical (unpaired) electrons. The highest BCUT2D eigenvalue weighted by Gasteiger charge is 2.23. The van der Waals surface area contributed by atoms with Crippen molar-refractivity contribution < 1.29 is 19.0 Å². The van der Waals surface area contributed by atoms with E-state index in [0.29, 0.717) is 50.4 Å². The maximum atomic E-state index is 13.8. The second-order valence-corrected chi connectivity index (χ2v) is 10.4. The summed E-state index contributed by atoms with van der Waals surface area (Å²) in [6, 6.07) is 16.2. The van der Waals surface area contributed by atoms with Crippen molar-refractivity contribution in [3.8, 4) is 17.2 Å². The van der Waals surface area contributed by atoms with E-state index in [4.69, 9.17) is 30.8 Å². The Bertz CT molecular complexity index is 1560. The van der Waals surface area contributed by atoms with Crippen LogP contribution in [0.15, 0.2) is 64.5 Å². The highest BCUT2D eigenvalue weighted by atomic mass is 35.5. The van der Waals surface area contributed by atoms with E-state index in [1.807, 2.05) is 50.2 Å². The van der Waals surface area contributed by atoms with E-state index in [1.54, 1.807) is 29.9 Å². The maximum absolute atomic E-state index is 13.8. The molecule has 1 atom stereocenters. The Balaban J connectivity index is 1.76. The van der Waals surface area contributed by atoms with E-state index in [9.17, 15) is 9.59 Å². The van der Waals surface area contributed by atoms with E-state index >= 15 is 0 Å². The number of nitrogens with one attached hydrogen (secondary N) is 1. The van der Waals surface area contributed by atoms with Crippen molar-refractivity contribution in [2.45, 2.75) is 37.2 Å². The summed E-state index contributed by atoms with van der Waals surface area (Å²) in [6.07, 6.45) is 0.512. The minimum absolute atomic E-state index is 0.208. The normalized spacial score (nSPS) is 11.7. The molecule has 0 aliphatic rings. The number of hydrogen-bond donors (Lipinski definition) is 1. The summed E-state index contributed by atoms with van der Waals surface area (Å²) in [6.45, 7) is 4.07. The van der Waals surface area contributed by atoms with Gasteiger partial charge in [0.2, 0.25) is 5.91 Å². The fourth-order valence-electron chi connectivity index (χ4n) is 4.01. The molecule has 1 aromatic heterocycles. The number of nitrogens with zero attached hydrogens (tertiary/aromatic N) is 2. The Hall–Kier alpha value is -3.69. The molecule has 0 saturated heterocycles. The molecule has 4 rings (SSSR count). The van der Waals surface area contributed by atoms with E-state index in [0.717, 1.165) is 11.1 Å². The highest BCUT2D eigenvalue weighted by Crippen LogP contribution is 2.33. The van der Waals surface area contributed by atoms with Gasteiger partial charge in [-0.1, -0.05) is 48.5 Å². The molecular weight excluding hydrogens is 538 g/mol. The minimum atomic E-state index is -0.517. The number of ether oxygens (including phenoxy) is 3. The number of rotatable bonds is 10. The highest BCUT2D eigenvalue weighted by molar-refractivity contribution is 8.00. The van der Waals surface area contributed by atoms with Crippen LogP contribution >= 0.6 is 23.4 Å². The Labute approximate surface area is 236 Å². The van der Waals surface area contributed by atoms with Gasteiger partial charge in [-0.05, 0) is 54.8 Å². The lowest BCUT2D eigenvalue weighted by Crippen LogP contribution is -2.28. The summed E-state index contributed by atoms with van der Waals surface area (Å²) < 4.78 is 17.7. The van der Waals surface area contributed by atoms with Crippen molar-refractivity contribution in [3.05, 3.63) is 81.1 Å². The monoisotopic (exact) mass is 567 g/mol. The number of carbonyl (C=O) groups excluding carboxylic acids is 1. The quantitative estimate of drug-likeness (QED) is 0.187. The van der Waals surface area contributed by atoms with Crippen LogP contribution in [-0.2, 0) is 11.3 Å². The number of fused-ring (bicyclic) bond motifs is 1. The van der Waals surface area contributed by atoms with Crippen LogP contribution in [0.3, 0.4) is 0 Å². The molecule has 204 valence electrons. The molecule has 8 nitrogen and oxygen atoms in total. The SMILES string of the molecule is CC[C@H](Sc1nc2cc(OC)c(OC)cc2c(=O)n1Cc1ccc(OC)cc1)C(=O)Nc1ccc(C)c(Cl)c1. The van der Waals surface area contributed by atoms with Gasteiger partial charge in [-0.25, -0.2) is 4.98 Å². The molecule has 0 spiro atoms. The van der Waals surface area contributed by atoms with Crippen molar-refractivity contribution in [2.75, 3.05) is 26.6 Å². The van der Waals surface area contributed by atoms with Gasteiger partial charge in [0.25, 0.3) is 5.56 Å². The first-order chi connectivity index (χ1) is 18.8. The largest absolute Gasteiger partial charge is 0.497 e. The fraction of sp³-hybridized carbons (Fsp3) is 0.276. The van der Waals surface area contributed by atoms with Crippen molar-refractivity contribution >= 4 is 45.9 Å². The molecule has 1 N–H and O–H groups in total. The lowest BCUT2D eigenvalue weighted by Gasteiger charge is -2.19. The summed E-state index contributed by atoms with van der Waals surface area (Å²) in [4.78, 5) is 31.9. The standard InChI is InChI=1S/C29H30ClN3O5S/c1-6-26(27(34)31-19-10-7-17(2)22(30)13-19)39-29-32-23-15-25(38-5)24(37-4)14-21(23)28(35)33(29)16-18-8-11-20(36-3)12-9-18/h7-15,26H,6,16H2,1-5H3,(H,31,34)/t26-/m0/s1. The smallest absolute Gasteiger partial charge is 0.262 e. The van der Waals surface area contributed by atoms with Crippen LogP contribution in [0.4, 0.5) is 5.69 Å². The lowest BCUT2D eigenvalue weighted by atomic mass is 10.2. The Morgan fingerprint density at radius 3 is 2.33 bits per heavy atom. The van der Waals surface area contributed by atoms with Crippen molar-refractivity contribution in [2.24, 2.45) is 0 Å². The molecule has 0 saturated carbocycles. The maximum Gasteiger partial charge on any atom is 0.262 e. The van der Waals surface area contributed by atoms with Gasteiger partial charge >= 0.3 is 0 Å². The average molecular weight is 568 g/mol. The van der Waals surface area contributed by atoms with Gasteiger partial charge in [0, 0.05) is 16.8 Å². The summed E-state index contributed by atoms with van der Waals surface area (Å²) in [7, 11) is 4.64. The summed E-state index contributed by atoms with van der Waals surface area (Å²) in [5.41, 5.74) is 2.61. The van der Waals surface area contributed by atoms with Gasteiger partial charge < -0.3 is 19.5 Å². The van der Waals surface area contributed by atoms with Crippen LogP contribution in [0.25, 0.3) is 10.9 Å². The molecule has 0 bridgehead atoms. The minimum Gasteiger partial charge on any atom is -0.497 e. The molecule has 4 aromatic rings. The van der Waals surface area contributed by atoms with Crippen molar-refractivity contribution in [1.29, 1.82) is 0 Å². The van der Waals surface area contributed by atoms with Crippen LogP contribution in [0.5, 0.6) is 17.2 Å². The first-order valence-corrected chi connectivity index (χ1v) is 13.6. The fourth-order valence-corrected chi connectivity index (χ4v) is 5.21. The summed E-state index contributed by atoms with van der Waals surface area (Å²) in [5, 5.41) is 3.80. The molecule has 1 heterocycles. The zero-order chi connectivity index (χ0) is 28.1. The second kappa shape index (κ2) is 12.4. The van der Waals surface area contributed by atoms with Gasteiger partial charge in [0.15, 0.2) is 16.7 Å². The molecular formula is C29H30ClN3O5S. The topological polar surface area (TPSA) is 91.7 Å². The molecule has 0 fully saturated rings.